The number of carbonyl (C=O) groups is 1. The number of alkyl halides is 1. The molecule has 2 amide bonds. The van der Waals surface area contributed by atoms with Gasteiger partial charge in [-0.1, -0.05) is 12.1 Å². The Hall–Kier alpha value is -0.120. The van der Waals surface area contributed by atoms with E-state index >= 15 is 0 Å². The van der Waals surface area contributed by atoms with Crippen LogP contribution in [0.1, 0.15) is 5.56 Å². The summed E-state index contributed by atoms with van der Waals surface area (Å²) in [6.07, 6.45) is 0. The summed E-state index contributed by atoms with van der Waals surface area (Å²) >= 11 is 4.49. The van der Waals surface area contributed by atoms with Gasteiger partial charge in [-0.2, -0.15) is 0 Å². The van der Waals surface area contributed by atoms with Crippen molar-refractivity contribution >= 4 is 51.2 Å². The van der Waals surface area contributed by atoms with Crippen LogP contribution in [-0.2, 0) is 6.54 Å². The van der Waals surface area contributed by atoms with Crippen molar-refractivity contribution in [1.29, 1.82) is 0 Å². The van der Waals surface area contributed by atoms with E-state index in [1.54, 1.807) is 0 Å². The Labute approximate surface area is 121 Å². The highest BCUT2D eigenvalue weighted by atomic mass is 127. The van der Waals surface area contributed by atoms with Gasteiger partial charge in [0, 0.05) is 20.2 Å². The molecule has 2 N–H and O–H groups in total. The van der Waals surface area contributed by atoms with Crippen molar-refractivity contribution in [3.63, 3.8) is 0 Å². The molecule has 3 nitrogen and oxygen atoms in total. The van der Waals surface area contributed by atoms with Crippen molar-refractivity contribution < 1.29 is 9.18 Å². The Bertz CT molecular complexity index is 374. The SMILES string of the molecule is O=C(NCCF)NCc1cccc(I)c1I. The smallest absolute Gasteiger partial charge is 0.315 e. The Morgan fingerprint density at radius 3 is 2.75 bits per heavy atom. The van der Waals surface area contributed by atoms with Crippen LogP contribution in [0.2, 0.25) is 0 Å². The molecule has 0 unspecified atom stereocenters. The third kappa shape index (κ3) is 4.40. The summed E-state index contributed by atoms with van der Waals surface area (Å²) in [5, 5.41) is 5.08. The maximum absolute atomic E-state index is 11.8. The van der Waals surface area contributed by atoms with Crippen LogP contribution in [-0.4, -0.2) is 19.3 Å². The third-order valence-electron chi connectivity index (χ3n) is 1.85. The number of carbonyl (C=O) groups excluding carboxylic acids is 1. The normalized spacial score (nSPS) is 9.94. The molecular weight excluding hydrogens is 437 g/mol. The molecule has 0 radical (unpaired) electrons. The van der Waals surface area contributed by atoms with Crippen LogP contribution < -0.4 is 10.6 Å². The lowest BCUT2D eigenvalue weighted by atomic mass is 10.2. The summed E-state index contributed by atoms with van der Waals surface area (Å²) in [5.41, 5.74) is 1.06. The standard InChI is InChI=1S/C10H11FI2N2O/c11-4-5-14-10(16)15-6-7-2-1-3-8(12)9(7)13/h1-3H,4-6H2,(H2,14,15,16). The van der Waals surface area contributed by atoms with Crippen LogP contribution >= 0.6 is 45.2 Å². The summed E-state index contributed by atoms with van der Waals surface area (Å²) in [4.78, 5) is 11.2. The number of rotatable bonds is 4. The zero-order chi connectivity index (χ0) is 12.0. The number of benzene rings is 1. The minimum atomic E-state index is -0.547. The predicted octanol–water partition coefficient (Wildman–Crippen LogP) is 2.66. The molecule has 0 aliphatic heterocycles. The van der Waals surface area contributed by atoms with Crippen molar-refractivity contribution in [3.8, 4) is 0 Å². The van der Waals surface area contributed by atoms with E-state index < -0.39 is 6.67 Å². The van der Waals surface area contributed by atoms with Crippen LogP contribution in [0.3, 0.4) is 0 Å². The molecule has 6 heteroatoms. The van der Waals surface area contributed by atoms with Gasteiger partial charge in [0.1, 0.15) is 6.67 Å². The largest absolute Gasteiger partial charge is 0.336 e. The van der Waals surface area contributed by atoms with E-state index in [1.807, 2.05) is 18.2 Å². The van der Waals surface area contributed by atoms with Crippen LogP contribution in [0.25, 0.3) is 0 Å². The molecule has 0 aromatic heterocycles. The molecule has 1 aromatic rings. The lowest BCUT2D eigenvalue weighted by Crippen LogP contribution is -2.36. The van der Waals surface area contributed by atoms with Gasteiger partial charge in [-0.05, 0) is 56.8 Å². The van der Waals surface area contributed by atoms with Gasteiger partial charge in [0.05, 0.1) is 0 Å². The van der Waals surface area contributed by atoms with Crippen molar-refractivity contribution in [2.75, 3.05) is 13.2 Å². The molecule has 16 heavy (non-hydrogen) atoms. The van der Waals surface area contributed by atoms with E-state index in [4.69, 9.17) is 0 Å². The van der Waals surface area contributed by atoms with Gasteiger partial charge in [0.25, 0.3) is 0 Å². The topological polar surface area (TPSA) is 41.1 Å². The van der Waals surface area contributed by atoms with Gasteiger partial charge >= 0.3 is 6.03 Å². The van der Waals surface area contributed by atoms with Crippen LogP contribution in [0.4, 0.5) is 9.18 Å². The Kier molecular flexibility index (Phi) is 6.32. The second kappa shape index (κ2) is 7.25. The number of nitrogens with one attached hydrogen (secondary N) is 2. The average molecular weight is 448 g/mol. The molecule has 0 aliphatic carbocycles. The van der Waals surface area contributed by atoms with Gasteiger partial charge in [0.15, 0.2) is 0 Å². The van der Waals surface area contributed by atoms with Gasteiger partial charge in [-0.3, -0.25) is 0 Å². The molecule has 0 atom stereocenters. The monoisotopic (exact) mass is 448 g/mol. The highest BCUT2D eigenvalue weighted by molar-refractivity contribution is 14.1. The summed E-state index contributed by atoms with van der Waals surface area (Å²) in [5.74, 6) is 0. The Morgan fingerprint density at radius 2 is 2.06 bits per heavy atom. The van der Waals surface area contributed by atoms with Gasteiger partial charge < -0.3 is 10.6 Å². The predicted molar refractivity (Wildman–Crippen MR) is 78.1 cm³/mol. The Balaban J connectivity index is 2.48. The van der Waals surface area contributed by atoms with Gasteiger partial charge in [0.2, 0.25) is 0 Å². The fourth-order valence-corrected chi connectivity index (χ4v) is 2.19. The molecule has 0 aliphatic rings. The fourth-order valence-electron chi connectivity index (χ4n) is 1.08. The molecule has 1 rings (SSSR count). The lowest BCUT2D eigenvalue weighted by Gasteiger charge is -2.08. The second-order valence-electron chi connectivity index (χ2n) is 3.01. The van der Waals surface area contributed by atoms with Crippen LogP contribution in [0, 0.1) is 7.14 Å². The van der Waals surface area contributed by atoms with Crippen LogP contribution in [0.15, 0.2) is 18.2 Å². The van der Waals surface area contributed by atoms with E-state index in [9.17, 15) is 9.18 Å². The summed E-state index contributed by atoms with van der Waals surface area (Å²) in [6, 6.07) is 5.57. The fraction of sp³-hybridized carbons (Fsp3) is 0.300. The van der Waals surface area contributed by atoms with E-state index in [2.05, 4.69) is 55.8 Å². The van der Waals surface area contributed by atoms with Crippen molar-refractivity contribution in [3.05, 3.63) is 30.9 Å². The molecule has 0 bridgehead atoms. The number of urea groups is 1. The van der Waals surface area contributed by atoms with E-state index in [0.29, 0.717) is 6.54 Å². The van der Waals surface area contributed by atoms with Gasteiger partial charge in [-0.15, -0.1) is 0 Å². The molecule has 1 aromatic carbocycles. The number of amides is 2. The summed E-state index contributed by atoms with van der Waals surface area (Å²) in [7, 11) is 0. The van der Waals surface area contributed by atoms with Crippen molar-refractivity contribution in [2.24, 2.45) is 0 Å². The zero-order valence-electron chi connectivity index (χ0n) is 8.40. The highest BCUT2D eigenvalue weighted by Gasteiger charge is 2.04. The van der Waals surface area contributed by atoms with Gasteiger partial charge in [-0.25, -0.2) is 9.18 Å². The highest BCUT2D eigenvalue weighted by Crippen LogP contribution is 2.18. The molecule has 0 saturated heterocycles. The average Bonchev–Trinajstić information content (AvgIpc) is 2.28. The first-order valence-corrected chi connectivity index (χ1v) is 6.81. The minimum absolute atomic E-state index is 0.0508. The molecule has 0 saturated carbocycles. The Morgan fingerprint density at radius 1 is 1.31 bits per heavy atom. The summed E-state index contributed by atoms with van der Waals surface area (Å²) < 4.78 is 14.1. The maximum Gasteiger partial charge on any atom is 0.315 e. The first-order valence-electron chi connectivity index (χ1n) is 4.65. The summed E-state index contributed by atoms with van der Waals surface area (Å²) in [6.45, 7) is -0.0450. The van der Waals surface area contributed by atoms with E-state index in [-0.39, 0.29) is 12.6 Å². The first-order chi connectivity index (χ1) is 7.65. The number of hydrogen-bond acceptors (Lipinski definition) is 1. The first kappa shape index (κ1) is 13.9. The van der Waals surface area contributed by atoms with Crippen molar-refractivity contribution in [2.45, 2.75) is 6.54 Å². The molecule has 88 valence electrons. The zero-order valence-corrected chi connectivity index (χ0v) is 12.7. The molecule has 0 fully saturated rings. The second-order valence-corrected chi connectivity index (χ2v) is 5.25. The van der Waals surface area contributed by atoms with E-state index in [1.165, 1.54) is 0 Å². The third-order valence-corrected chi connectivity index (χ3v) is 5.06. The number of halogens is 3. The number of hydrogen-bond donors (Lipinski definition) is 2. The molecule has 0 heterocycles. The minimum Gasteiger partial charge on any atom is -0.336 e. The molecular formula is C10H11FI2N2O. The quantitative estimate of drug-likeness (QED) is 0.684. The maximum atomic E-state index is 11.8. The molecule has 0 spiro atoms. The van der Waals surface area contributed by atoms with Crippen molar-refractivity contribution in [1.82, 2.24) is 10.6 Å². The van der Waals surface area contributed by atoms with E-state index in [0.717, 1.165) is 12.7 Å². The van der Waals surface area contributed by atoms with Crippen LogP contribution in [0.5, 0.6) is 0 Å². The lowest BCUT2D eigenvalue weighted by molar-refractivity contribution is 0.239.